The highest BCUT2D eigenvalue weighted by molar-refractivity contribution is 5.73. The Hall–Kier alpha value is -3.22. The summed E-state index contributed by atoms with van der Waals surface area (Å²) in [6.07, 6.45) is -118. The van der Waals surface area contributed by atoms with Crippen molar-refractivity contribution in [2.45, 2.75) is 351 Å². The molecule has 11 fully saturated rings. The van der Waals surface area contributed by atoms with Crippen molar-refractivity contribution in [3.63, 3.8) is 0 Å². The third kappa shape index (κ3) is 22.3. The molecule has 0 bridgehead atoms. The molecule has 0 aromatic carbocycles. The molecule has 0 aromatic rings. The zero-order valence-electron chi connectivity index (χ0n) is 67.7. The molecule has 0 radical (unpaired) electrons. The number of hydrogen-bond donors (Lipinski definition) is 35. The Bertz CT molecular complexity index is 3390. The van der Waals surface area contributed by atoms with Crippen LogP contribution in [-0.2, 0) is 109 Å². The third-order valence-corrected chi connectivity index (χ3v) is 23.8. The second-order valence-electron chi connectivity index (χ2n) is 32.3. The number of amides is 2. The lowest BCUT2D eigenvalue weighted by molar-refractivity contribution is -0.418. The highest BCUT2D eigenvalue weighted by Crippen LogP contribution is 2.42. The van der Waals surface area contributed by atoms with E-state index in [-0.39, 0.29) is 0 Å². The molecular formula is C70H118N2O56. The van der Waals surface area contributed by atoms with Crippen LogP contribution in [0.3, 0.4) is 0 Å². The van der Waals surface area contributed by atoms with Gasteiger partial charge in [-0.15, -0.1) is 0 Å². The summed E-state index contributed by atoms with van der Waals surface area (Å²) in [5, 5.41) is 373. The number of nitrogens with one attached hydrogen (secondary N) is 2. The standard InChI is InChI=1S/C70H118N2O56/c1-14(83)71-27-38(94)51(24(11-81)109-60(27)107)120-61-28(72-15(2)84)39(95)52(25(12-82)118-61)121-64-50(106)53(37(93)26(119-64)13-108-65-54(42(98)31(87)18(5-75)112-65)125-67-55(43(99)32(88)20(7-77)114-67)123-62-48(104)40(96)29(85)16(3-73)110-62)122-66-57(45(101)34(90)19(6-76)113-66)126-69-59(47(103)36(92)22(9-79)116-69)128-70-58(46(102)35(91)23(10-80)117-70)127-68-56(44(100)33(89)21(8-78)115-68)124-63-49(105)41(97)30(86)17(4-74)111-63/h16-70,73-82,85-107H,3-13H2,1-2H3,(H,71,83)(H,72,84)/t16-,17-,18-,19-,20-,21-,22-,23-,24-,25-,26-,27-,28-,29-,30-,31-,32-,33-,34-,35-,36-,37-,38-,39-,40+,41+,42+,43+,44+,45+,46+,47+,48+,49+,50+,51-,52-,53+,54+,55+,56+,57+,58+,59+,60?,61+,62-,63-,64+,65+,66-,67-,68-,69-,70-/m1/s1. The van der Waals surface area contributed by atoms with Gasteiger partial charge in [-0.3, -0.25) is 9.59 Å². The van der Waals surface area contributed by atoms with E-state index in [4.69, 9.17) is 99.5 Å². The van der Waals surface area contributed by atoms with E-state index in [1.165, 1.54) is 0 Å². The second-order valence-corrected chi connectivity index (χ2v) is 32.3. The molecule has 0 spiro atoms. The van der Waals surface area contributed by atoms with Crippen molar-refractivity contribution in [3.8, 4) is 0 Å². The van der Waals surface area contributed by atoms with E-state index in [1.807, 2.05) is 0 Å². The van der Waals surface area contributed by atoms with Crippen molar-refractivity contribution >= 4 is 11.8 Å². The molecular weight excluding hydrogens is 1760 g/mol. The van der Waals surface area contributed by atoms with Crippen LogP contribution in [0.5, 0.6) is 0 Å². The highest BCUT2D eigenvalue weighted by atomic mass is 16.8. The predicted octanol–water partition coefficient (Wildman–Crippen LogP) is -24.7. The van der Waals surface area contributed by atoms with Crippen molar-refractivity contribution in [2.24, 2.45) is 0 Å². The summed E-state index contributed by atoms with van der Waals surface area (Å²) in [5.74, 6) is -1.81. The minimum atomic E-state index is -2.70. The van der Waals surface area contributed by atoms with Gasteiger partial charge in [0.05, 0.1) is 72.7 Å². The molecule has 1 unspecified atom stereocenters. The molecule has 744 valence electrons. The monoisotopic (exact) mass is 1880 g/mol. The molecule has 35 N–H and O–H groups in total. The molecule has 11 aliphatic heterocycles. The summed E-state index contributed by atoms with van der Waals surface area (Å²) in [5.41, 5.74) is 0. The molecule has 0 aromatic heterocycles. The topological polar surface area (TPSA) is 920 Å². The number of carbonyl (C=O) groups excluding carboxylic acids is 2. The molecule has 58 heteroatoms. The van der Waals surface area contributed by atoms with Crippen LogP contribution in [0.2, 0.25) is 0 Å². The van der Waals surface area contributed by atoms with Crippen LogP contribution in [-0.4, -0.2) is 591 Å². The number of aliphatic hydroxyl groups excluding tert-OH is 33. The van der Waals surface area contributed by atoms with Gasteiger partial charge in [-0.2, -0.15) is 0 Å². The van der Waals surface area contributed by atoms with Crippen LogP contribution in [0, 0.1) is 0 Å². The largest absolute Gasteiger partial charge is 0.394 e. The number of ether oxygens (including phenoxy) is 21. The van der Waals surface area contributed by atoms with Crippen LogP contribution < -0.4 is 10.6 Å². The fraction of sp³-hybridized carbons (Fsp3) is 0.971. The molecule has 11 saturated heterocycles. The number of rotatable bonds is 33. The van der Waals surface area contributed by atoms with Gasteiger partial charge in [0.2, 0.25) is 11.8 Å². The first kappa shape index (κ1) is 105. The van der Waals surface area contributed by atoms with Crippen molar-refractivity contribution in [2.75, 3.05) is 72.7 Å². The first-order chi connectivity index (χ1) is 60.7. The summed E-state index contributed by atoms with van der Waals surface area (Å²) < 4.78 is 124. The minimum absolute atomic E-state index is 0.820. The van der Waals surface area contributed by atoms with E-state index in [1.54, 1.807) is 0 Å². The van der Waals surface area contributed by atoms with Gasteiger partial charge in [-0.05, 0) is 0 Å². The Balaban J connectivity index is 0.937. The summed E-state index contributed by atoms with van der Waals surface area (Å²) in [6, 6.07) is -3.69. The molecule has 0 saturated carbocycles. The van der Waals surface area contributed by atoms with Gasteiger partial charge in [-0.1, -0.05) is 0 Å². The average molecular weight is 1880 g/mol. The highest BCUT2D eigenvalue weighted by Gasteiger charge is 2.63. The van der Waals surface area contributed by atoms with Gasteiger partial charge in [0.1, 0.15) is 268 Å². The van der Waals surface area contributed by atoms with Gasteiger partial charge < -0.3 is 279 Å². The third-order valence-electron chi connectivity index (χ3n) is 23.8. The quantitative estimate of drug-likeness (QED) is 0.0290. The van der Waals surface area contributed by atoms with Gasteiger partial charge in [0, 0.05) is 13.8 Å². The van der Waals surface area contributed by atoms with E-state index < -0.39 is 422 Å². The Morgan fingerprint density at radius 1 is 0.203 bits per heavy atom. The zero-order valence-corrected chi connectivity index (χ0v) is 67.7. The molecule has 55 atom stereocenters. The summed E-state index contributed by atoms with van der Waals surface area (Å²) in [6.45, 7) is -11.0. The molecule has 0 aliphatic carbocycles. The normalized spacial score (nSPS) is 51.7. The van der Waals surface area contributed by atoms with Crippen LogP contribution in [0.1, 0.15) is 13.8 Å². The van der Waals surface area contributed by atoms with Crippen LogP contribution in [0.25, 0.3) is 0 Å². The molecule has 58 nitrogen and oxygen atoms in total. The lowest BCUT2D eigenvalue weighted by Crippen LogP contribution is -2.70. The maximum absolute atomic E-state index is 13.1. The maximum atomic E-state index is 13.1. The SMILES string of the molecule is CC(=O)N[C@H]1[C@H](O[C@H]2[C@H](O)[C@@H](NC(C)=O)C(O)O[C@@H]2CO)O[C@H](CO)[C@@H](O[C@@H]2O[C@H](CO[C@H]3O[C@H](CO)[C@@H](O)[C@H](O)[C@@H]3O[C@H]3O[C@H](CO)[C@@H](O)[C@H](O)[C@@H]3O[C@H]3O[C@H](CO)[C@@H](O)[C@H](O)[C@@H]3O)[C@@H](O)[C@H](O[C@H]3O[C@H](CO)[C@@H](O)[C@H](O)[C@@H]3O[C@H]3O[C@H](CO)[C@@H](O)[C@H](O)[C@@H]3O[C@H]3O[C@H](CO)[C@@H](O)[C@H](O)[C@@H]3O[C@H]3O[C@H](CO)[C@@H](O)[C@H](O)[C@@H]3O[C@H]3O[C@H](CO)[C@@H](O)[C@H](O)[C@@H]3O)[C@@H]2O)[C@@H]1O. The zero-order chi connectivity index (χ0) is 94.0. The molecule has 11 rings (SSSR count). The van der Waals surface area contributed by atoms with Crippen molar-refractivity contribution in [3.05, 3.63) is 0 Å². The molecule has 11 heterocycles. The van der Waals surface area contributed by atoms with Crippen molar-refractivity contribution < 1.29 is 278 Å². The Kier molecular flexibility index (Phi) is 37.7. The van der Waals surface area contributed by atoms with Crippen molar-refractivity contribution in [1.29, 1.82) is 0 Å². The van der Waals surface area contributed by atoms with E-state index in [0.29, 0.717) is 0 Å². The van der Waals surface area contributed by atoms with E-state index in [0.717, 1.165) is 13.8 Å². The maximum Gasteiger partial charge on any atom is 0.217 e. The van der Waals surface area contributed by atoms with Crippen LogP contribution >= 0.6 is 0 Å². The van der Waals surface area contributed by atoms with Crippen molar-refractivity contribution in [1.82, 2.24) is 10.6 Å². The number of hydrogen-bond acceptors (Lipinski definition) is 56. The first-order valence-corrected chi connectivity index (χ1v) is 40.7. The molecule has 128 heavy (non-hydrogen) atoms. The van der Waals surface area contributed by atoms with Gasteiger partial charge >= 0.3 is 0 Å². The number of aliphatic hydroxyl groups is 33. The lowest BCUT2D eigenvalue weighted by Gasteiger charge is -2.51. The summed E-state index contributed by atoms with van der Waals surface area (Å²) in [7, 11) is 0. The summed E-state index contributed by atoms with van der Waals surface area (Å²) in [4.78, 5) is 25.3. The Labute approximate surface area is 722 Å². The van der Waals surface area contributed by atoms with Gasteiger partial charge in [0.15, 0.2) is 69.2 Å². The predicted molar refractivity (Wildman–Crippen MR) is 386 cm³/mol. The molecule has 2 amide bonds. The Morgan fingerprint density at radius 2 is 0.422 bits per heavy atom. The molecule has 11 aliphatic rings. The Morgan fingerprint density at radius 3 is 0.734 bits per heavy atom. The van der Waals surface area contributed by atoms with E-state index in [2.05, 4.69) is 10.6 Å². The lowest BCUT2D eigenvalue weighted by atomic mass is 9.94. The van der Waals surface area contributed by atoms with Crippen LogP contribution in [0.15, 0.2) is 0 Å². The van der Waals surface area contributed by atoms with Gasteiger partial charge in [0.25, 0.3) is 0 Å². The van der Waals surface area contributed by atoms with Crippen LogP contribution in [0.4, 0.5) is 0 Å². The fourth-order valence-corrected chi connectivity index (χ4v) is 16.5. The minimum Gasteiger partial charge on any atom is -0.394 e. The fourth-order valence-electron chi connectivity index (χ4n) is 16.5. The van der Waals surface area contributed by atoms with Gasteiger partial charge in [-0.25, -0.2) is 0 Å². The van der Waals surface area contributed by atoms with E-state index >= 15 is 0 Å². The summed E-state index contributed by atoms with van der Waals surface area (Å²) >= 11 is 0. The first-order valence-electron chi connectivity index (χ1n) is 40.7. The number of carbonyl (C=O) groups is 2. The average Bonchev–Trinajstić information content (AvgIpc) is 0.764. The smallest absolute Gasteiger partial charge is 0.217 e. The second kappa shape index (κ2) is 45.8. The van der Waals surface area contributed by atoms with E-state index in [9.17, 15) is 178 Å².